The first-order valence-electron chi connectivity index (χ1n) is 7.18. The number of hydrogen-bond acceptors (Lipinski definition) is 3. The van der Waals surface area contributed by atoms with Crippen LogP contribution in [0.3, 0.4) is 0 Å². The highest BCUT2D eigenvalue weighted by atomic mass is 16.2. The van der Waals surface area contributed by atoms with Crippen molar-refractivity contribution in [2.75, 3.05) is 45.8 Å². The van der Waals surface area contributed by atoms with Gasteiger partial charge in [0.15, 0.2) is 0 Å². The zero-order chi connectivity index (χ0) is 13.5. The zero-order valence-electron chi connectivity index (χ0n) is 12.4. The quantitative estimate of drug-likeness (QED) is 0.770. The molecule has 106 valence electrons. The lowest BCUT2D eigenvalue weighted by atomic mass is 10.2. The SMILES string of the molecule is CC(C)CNC(=O)CN1CCN(CC(C)C)CC1. The lowest BCUT2D eigenvalue weighted by molar-refractivity contribution is -0.122. The number of carbonyl (C=O) groups is 1. The Morgan fingerprint density at radius 1 is 1.00 bits per heavy atom. The minimum absolute atomic E-state index is 0.168. The van der Waals surface area contributed by atoms with E-state index in [1.807, 2.05) is 0 Å². The summed E-state index contributed by atoms with van der Waals surface area (Å²) in [5, 5.41) is 2.98. The Hall–Kier alpha value is -0.610. The number of nitrogens with one attached hydrogen (secondary N) is 1. The average molecular weight is 255 g/mol. The molecule has 0 aromatic heterocycles. The van der Waals surface area contributed by atoms with Crippen LogP contribution < -0.4 is 5.32 Å². The number of amides is 1. The van der Waals surface area contributed by atoms with E-state index in [1.165, 1.54) is 6.54 Å². The molecule has 1 fully saturated rings. The van der Waals surface area contributed by atoms with E-state index in [-0.39, 0.29) is 5.91 Å². The minimum atomic E-state index is 0.168. The molecule has 18 heavy (non-hydrogen) atoms. The summed E-state index contributed by atoms with van der Waals surface area (Å²) >= 11 is 0. The van der Waals surface area contributed by atoms with E-state index >= 15 is 0 Å². The maximum atomic E-state index is 11.7. The first-order chi connectivity index (χ1) is 8.47. The molecule has 0 aromatic carbocycles. The van der Waals surface area contributed by atoms with Gasteiger partial charge in [0.1, 0.15) is 0 Å². The summed E-state index contributed by atoms with van der Waals surface area (Å²) in [6, 6.07) is 0. The van der Waals surface area contributed by atoms with Crippen LogP contribution in [0.4, 0.5) is 0 Å². The van der Waals surface area contributed by atoms with Gasteiger partial charge in [-0.3, -0.25) is 9.69 Å². The second-order valence-electron chi connectivity index (χ2n) is 6.17. The molecule has 0 radical (unpaired) electrons. The molecule has 0 bridgehead atoms. The molecule has 1 saturated heterocycles. The Kier molecular flexibility index (Phi) is 6.65. The first-order valence-corrected chi connectivity index (χ1v) is 7.18. The van der Waals surface area contributed by atoms with Gasteiger partial charge in [0.05, 0.1) is 6.54 Å². The summed E-state index contributed by atoms with van der Waals surface area (Å²) in [6.45, 7) is 15.5. The predicted octanol–water partition coefficient (Wildman–Crippen LogP) is 1.03. The molecule has 1 amide bonds. The summed E-state index contributed by atoms with van der Waals surface area (Å²) in [6.07, 6.45) is 0. The van der Waals surface area contributed by atoms with Gasteiger partial charge in [0.25, 0.3) is 0 Å². The fourth-order valence-electron chi connectivity index (χ4n) is 2.22. The largest absolute Gasteiger partial charge is 0.355 e. The average Bonchev–Trinajstić information content (AvgIpc) is 2.28. The fraction of sp³-hybridized carbons (Fsp3) is 0.929. The molecule has 0 aromatic rings. The van der Waals surface area contributed by atoms with Gasteiger partial charge in [0, 0.05) is 39.3 Å². The van der Waals surface area contributed by atoms with Crippen molar-refractivity contribution in [2.45, 2.75) is 27.7 Å². The summed E-state index contributed by atoms with van der Waals surface area (Å²) in [5.74, 6) is 1.42. The van der Waals surface area contributed by atoms with E-state index in [9.17, 15) is 4.79 Å². The van der Waals surface area contributed by atoms with Gasteiger partial charge < -0.3 is 10.2 Å². The van der Waals surface area contributed by atoms with Crippen LogP contribution in [-0.4, -0.2) is 61.5 Å². The molecule has 1 rings (SSSR count). The summed E-state index contributed by atoms with van der Waals surface area (Å²) in [5.41, 5.74) is 0. The summed E-state index contributed by atoms with van der Waals surface area (Å²) < 4.78 is 0. The Labute approximate surface area is 112 Å². The lowest BCUT2D eigenvalue weighted by Gasteiger charge is -2.35. The minimum Gasteiger partial charge on any atom is -0.355 e. The monoisotopic (exact) mass is 255 g/mol. The standard InChI is InChI=1S/C14H29N3O/c1-12(2)9-15-14(18)11-17-7-5-16(6-8-17)10-13(3)4/h12-13H,5-11H2,1-4H3,(H,15,18). The smallest absolute Gasteiger partial charge is 0.234 e. The Morgan fingerprint density at radius 3 is 2.06 bits per heavy atom. The van der Waals surface area contributed by atoms with Gasteiger partial charge >= 0.3 is 0 Å². The maximum Gasteiger partial charge on any atom is 0.234 e. The van der Waals surface area contributed by atoms with Crippen molar-refractivity contribution in [3.05, 3.63) is 0 Å². The Balaban J connectivity index is 2.17. The van der Waals surface area contributed by atoms with Gasteiger partial charge in [-0.05, 0) is 11.8 Å². The van der Waals surface area contributed by atoms with Gasteiger partial charge in [-0.1, -0.05) is 27.7 Å². The number of piperazine rings is 1. The van der Waals surface area contributed by atoms with Crippen LogP contribution >= 0.6 is 0 Å². The van der Waals surface area contributed by atoms with Crippen molar-refractivity contribution in [1.82, 2.24) is 15.1 Å². The van der Waals surface area contributed by atoms with Crippen molar-refractivity contribution in [1.29, 1.82) is 0 Å². The topological polar surface area (TPSA) is 35.6 Å². The first kappa shape index (κ1) is 15.4. The molecule has 1 aliphatic heterocycles. The molecule has 0 spiro atoms. The van der Waals surface area contributed by atoms with E-state index < -0.39 is 0 Å². The Morgan fingerprint density at radius 2 is 1.56 bits per heavy atom. The van der Waals surface area contributed by atoms with Crippen LogP contribution in [0.1, 0.15) is 27.7 Å². The van der Waals surface area contributed by atoms with Gasteiger partial charge in [0.2, 0.25) is 5.91 Å². The third kappa shape index (κ3) is 6.36. The van der Waals surface area contributed by atoms with Crippen molar-refractivity contribution >= 4 is 5.91 Å². The third-order valence-corrected chi connectivity index (χ3v) is 3.16. The molecule has 4 nitrogen and oxygen atoms in total. The molecule has 0 aliphatic carbocycles. The molecule has 1 aliphatic rings. The van der Waals surface area contributed by atoms with Crippen molar-refractivity contribution < 1.29 is 4.79 Å². The zero-order valence-corrected chi connectivity index (χ0v) is 12.4. The normalized spacial score (nSPS) is 18.6. The van der Waals surface area contributed by atoms with E-state index in [1.54, 1.807) is 0 Å². The molecular weight excluding hydrogens is 226 g/mol. The predicted molar refractivity (Wildman–Crippen MR) is 75.6 cm³/mol. The molecule has 0 saturated carbocycles. The molecular formula is C14H29N3O. The second kappa shape index (κ2) is 7.74. The van der Waals surface area contributed by atoms with Gasteiger partial charge in [-0.15, -0.1) is 0 Å². The van der Waals surface area contributed by atoms with Crippen LogP contribution in [0, 0.1) is 11.8 Å². The molecule has 4 heteroatoms. The van der Waals surface area contributed by atoms with Crippen LogP contribution in [0.25, 0.3) is 0 Å². The number of hydrogen-bond donors (Lipinski definition) is 1. The van der Waals surface area contributed by atoms with Crippen molar-refractivity contribution in [3.8, 4) is 0 Å². The van der Waals surface area contributed by atoms with Gasteiger partial charge in [-0.2, -0.15) is 0 Å². The highest BCUT2D eigenvalue weighted by Gasteiger charge is 2.19. The van der Waals surface area contributed by atoms with E-state index in [0.29, 0.717) is 12.5 Å². The molecule has 0 unspecified atom stereocenters. The van der Waals surface area contributed by atoms with E-state index in [2.05, 4.69) is 42.8 Å². The van der Waals surface area contributed by atoms with E-state index in [0.717, 1.165) is 38.6 Å². The maximum absolute atomic E-state index is 11.7. The molecule has 0 atom stereocenters. The van der Waals surface area contributed by atoms with Crippen LogP contribution in [0.15, 0.2) is 0 Å². The highest BCUT2D eigenvalue weighted by Crippen LogP contribution is 2.04. The van der Waals surface area contributed by atoms with E-state index in [4.69, 9.17) is 0 Å². The number of carbonyl (C=O) groups excluding carboxylic acids is 1. The van der Waals surface area contributed by atoms with Crippen LogP contribution in [0.5, 0.6) is 0 Å². The van der Waals surface area contributed by atoms with Gasteiger partial charge in [-0.25, -0.2) is 0 Å². The number of nitrogens with zero attached hydrogens (tertiary/aromatic N) is 2. The van der Waals surface area contributed by atoms with Crippen molar-refractivity contribution in [3.63, 3.8) is 0 Å². The highest BCUT2D eigenvalue weighted by molar-refractivity contribution is 5.78. The fourth-order valence-corrected chi connectivity index (χ4v) is 2.22. The van der Waals surface area contributed by atoms with Crippen LogP contribution in [-0.2, 0) is 4.79 Å². The van der Waals surface area contributed by atoms with Crippen LogP contribution in [0.2, 0.25) is 0 Å². The summed E-state index contributed by atoms with van der Waals surface area (Å²) in [7, 11) is 0. The molecule has 1 heterocycles. The summed E-state index contributed by atoms with van der Waals surface area (Å²) in [4.78, 5) is 16.5. The molecule has 1 N–H and O–H groups in total. The van der Waals surface area contributed by atoms with Crippen molar-refractivity contribution in [2.24, 2.45) is 11.8 Å². The number of rotatable bonds is 6. The Bertz CT molecular complexity index is 245. The second-order valence-corrected chi connectivity index (χ2v) is 6.17. The lowest BCUT2D eigenvalue weighted by Crippen LogP contribution is -2.50. The third-order valence-electron chi connectivity index (χ3n) is 3.16.